The Morgan fingerprint density at radius 1 is 0.964 bits per heavy atom. The maximum atomic E-state index is 13.3. The minimum Gasteiger partial charge on any atom is -0.268 e. The second-order valence-corrected chi connectivity index (χ2v) is 6.95. The normalized spacial score (nSPS) is 13.4. The zero-order valence-electron chi connectivity index (χ0n) is 14.8. The minimum absolute atomic E-state index is 0.266. The van der Waals surface area contributed by atoms with Gasteiger partial charge in [-0.1, -0.05) is 48.0 Å². The van der Waals surface area contributed by atoms with E-state index >= 15 is 0 Å². The second-order valence-electron chi connectivity index (χ2n) is 6.51. The highest BCUT2D eigenvalue weighted by molar-refractivity contribution is 6.38. The molecule has 6 nitrogen and oxygen atoms in total. The van der Waals surface area contributed by atoms with E-state index in [1.165, 1.54) is 6.20 Å². The van der Waals surface area contributed by atoms with Crippen LogP contribution in [0.25, 0.3) is 22.3 Å². The van der Waals surface area contributed by atoms with E-state index in [1.54, 1.807) is 36.0 Å². The van der Waals surface area contributed by atoms with Crippen molar-refractivity contribution >= 4 is 40.1 Å². The summed E-state index contributed by atoms with van der Waals surface area (Å²) in [6.07, 6.45) is 1.44. The summed E-state index contributed by atoms with van der Waals surface area (Å²) < 4.78 is 1.62. The first-order valence-electron chi connectivity index (χ1n) is 8.62. The van der Waals surface area contributed by atoms with Crippen LogP contribution in [0.3, 0.4) is 0 Å². The number of aromatic nitrogens is 3. The molecule has 0 spiro atoms. The third-order valence-electron chi connectivity index (χ3n) is 4.82. The lowest BCUT2D eigenvalue weighted by Gasteiger charge is -2.13. The van der Waals surface area contributed by atoms with Gasteiger partial charge in [-0.2, -0.15) is 5.10 Å². The van der Waals surface area contributed by atoms with Gasteiger partial charge in [0.25, 0.3) is 11.8 Å². The molecule has 2 aromatic heterocycles. The quantitative estimate of drug-likeness (QED) is 0.485. The van der Waals surface area contributed by atoms with Gasteiger partial charge in [-0.3, -0.25) is 9.59 Å². The second kappa shape index (κ2) is 6.00. The highest BCUT2D eigenvalue weighted by Gasteiger charge is 2.40. The number of fused-ring (bicyclic) bond motifs is 3. The average molecular weight is 389 g/mol. The van der Waals surface area contributed by atoms with Crippen LogP contribution in [-0.2, 0) is 7.05 Å². The fourth-order valence-electron chi connectivity index (χ4n) is 3.57. The Balaban J connectivity index is 1.78. The standard InChI is InChI=1S/C21H13ClN4O2/c1-25-19-17(18(24-25)12-6-3-2-4-7-12)16-15(11-23-19)20(27)26(21(16)28)14-9-5-8-13(22)10-14/h2-11H,1H3. The fraction of sp³-hybridized carbons (Fsp3) is 0.0476. The molecule has 0 atom stereocenters. The maximum Gasteiger partial charge on any atom is 0.267 e. The van der Waals surface area contributed by atoms with Crippen molar-refractivity contribution in [3.05, 3.63) is 76.9 Å². The van der Waals surface area contributed by atoms with Gasteiger partial charge in [0.1, 0.15) is 5.69 Å². The number of amides is 2. The van der Waals surface area contributed by atoms with Gasteiger partial charge in [0, 0.05) is 23.8 Å². The molecule has 0 saturated carbocycles. The number of rotatable bonds is 2. The van der Waals surface area contributed by atoms with Gasteiger partial charge in [-0.05, 0) is 18.2 Å². The molecule has 136 valence electrons. The summed E-state index contributed by atoms with van der Waals surface area (Å²) in [5.74, 6) is -0.820. The van der Waals surface area contributed by atoms with Crippen LogP contribution >= 0.6 is 11.6 Å². The molecule has 0 aliphatic carbocycles. The third-order valence-corrected chi connectivity index (χ3v) is 5.05. The molecular formula is C21H13ClN4O2. The number of benzene rings is 2. The molecule has 1 aliphatic heterocycles. The number of hydrogen-bond acceptors (Lipinski definition) is 4. The average Bonchev–Trinajstić information content (AvgIpc) is 3.17. The van der Waals surface area contributed by atoms with E-state index in [0.29, 0.717) is 33.0 Å². The molecule has 0 unspecified atom stereocenters. The van der Waals surface area contributed by atoms with Gasteiger partial charge in [0.15, 0.2) is 5.65 Å². The van der Waals surface area contributed by atoms with Gasteiger partial charge in [-0.25, -0.2) is 14.6 Å². The number of pyridine rings is 1. The molecule has 0 saturated heterocycles. The molecule has 0 fully saturated rings. The topological polar surface area (TPSA) is 68.1 Å². The molecule has 0 radical (unpaired) electrons. The van der Waals surface area contributed by atoms with Crippen LogP contribution in [0.2, 0.25) is 5.02 Å². The monoisotopic (exact) mass is 388 g/mol. The number of nitrogens with zero attached hydrogens (tertiary/aromatic N) is 4. The lowest BCUT2D eigenvalue weighted by molar-refractivity contribution is 0.0926. The number of halogens is 1. The summed E-state index contributed by atoms with van der Waals surface area (Å²) in [5.41, 5.74) is 3.04. The molecule has 28 heavy (non-hydrogen) atoms. The van der Waals surface area contributed by atoms with Crippen LogP contribution in [0.5, 0.6) is 0 Å². The smallest absolute Gasteiger partial charge is 0.267 e. The largest absolute Gasteiger partial charge is 0.268 e. The Hall–Kier alpha value is -3.51. The van der Waals surface area contributed by atoms with Gasteiger partial charge >= 0.3 is 0 Å². The van der Waals surface area contributed by atoms with Crippen LogP contribution < -0.4 is 4.90 Å². The number of anilines is 1. The number of carbonyl (C=O) groups is 2. The molecule has 2 amide bonds. The first kappa shape index (κ1) is 16.6. The first-order chi connectivity index (χ1) is 13.6. The third kappa shape index (κ3) is 2.28. The Bertz CT molecular complexity index is 1280. The number of aryl methyl sites for hydroxylation is 1. The lowest BCUT2D eigenvalue weighted by atomic mass is 10.0. The molecule has 0 N–H and O–H groups in total. The van der Waals surface area contributed by atoms with Crippen molar-refractivity contribution in [3.63, 3.8) is 0 Å². The molecule has 4 aromatic rings. The van der Waals surface area contributed by atoms with Crippen LogP contribution in [0.4, 0.5) is 5.69 Å². The van der Waals surface area contributed by atoms with E-state index in [-0.39, 0.29) is 5.56 Å². The Morgan fingerprint density at radius 3 is 2.50 bits per heavy atom. The zero-order valence-corrected chi connectivity index (χ0v) is 15.5. The van der Waals surface area contributed by atoms with Crippen LogP contribution in [0.1, 0.15) is 20.7 Å². The summed E-state index contributed by atoms with van der Waals surface area (Å²) >= 11 is 6.06. The van der Waals surface area contributed by atoms with E-state index in [1.807, 2.05) is 30.3 Å². The molecule has 7 heteroatoms. The van der Waals surface area contributed by atoms with E-state index in [9.17, 15) is 9.59 Å². The van der Waals surface area contributed by atoms with E-state index < -0.39 is 11.8 Å². The van der Waals surface area contributed by atoms with Crippen molar-refractivity contribution < 1.29 is 9.59 Å². The molecule has 3 heterocycles. The van der Waals surface area contributed by atoms with E-state index in [0.717, 1.165) is 10.5 Å². The van der Waals surface area contributed by atoms with Crippen molar-refractivity contribution in [2.75, 3.05) is 4.90 Å². The fourth-order valence-corrected chi connectivity index (χ4v) is 3.76. The van der Waals surface area contributed by atoms with Gasteiger partial charge in [0.05, 0.1) is 22.2 Å². The van der Waals surface area contributed by atoms with E-state index in [4.69, 9.17) is 11.6 Å². The highest BCUT2D eigenvalue weighted by Crippen LogP contribution is 2.37. The van der Waals surface area contributed by atoms with Crippen molar-refractivity contribution in [2.24, 2.45) is 7.05 Å². The zero-order chi connectivity index (χ0) is 19.4. The van der Waals surface area contributed by atoms with Crippen molar-refractivity contribution in [1.82, 2.24) is 14.8 Å². The number of carbonyl (C=O) groups excluding carboxylic acids is 2. The maximum absolute atomic E-state index is 13.3. The Labute approximate surface area is 165 Å². The van der Waals surface area contributed by atoms with Gasteiger partial charge in [0.2, 0.25) is 0 Å². The summed E-state index contributed by atoms with van der Waals surface area (Å²) in [6.45, 7) is 0. The molecule has 0 bridgehead atoms. The Kier molecular flexibility index (Phi) is 3.57. The number of imide groups is 1. The predicted octanol–water partition coefficient (Wildman–Crippen LogP) is 4.09. The molecular weight excluding hydrogens is 376 g/mol. The van der Waals surface area contributed by atoms with Crippen LogP contribution in [0, 0.1) is 0 Å². The predicted molar refractivity (Wildman–Crippen MR) is 107 cm³/mol. The van der Waals surface area contributed by atoms with Gasteiger partial charge in [-0.15, -0.1) is 0 Å². The van der Waals surface area contributed by atoms with Crippen LogP contribution in [-0.4, -0.2) is 26.6 Å². The minimum atomic E-state index is -0.417. The molecule has 1 aliphatic rings. The van der Waals surface area contributed by atoms with Gasteiger partial charge < -0.3 is 0 Å². The summed E-state index contributed by atoms with van der Waals surface area (Å²) in [7, 11) is 1.77. The highest BCUT2D eigenvalue weighted by atomic mass is 35.5. The first-order valence-corrected chi connectivity index (χ1v) is 8.99. The van der Waals surface area contributed by atoms with Crippen molar-refractivity contribution in [2.45, 2.75) is 0 Å². The molecule has 2 aromatic carbocycles. The van der Waals surface area contributed by atoms with Crippen molar-refractivity contribution in [1.29, 1.82) is 0 Å². The summed E-state index contributed by atoms with van der Waals surface area (Å²) in [5, 5.41) is 5.59. The summed E-state index contributed by atoms with van der Waals surface area (Å²) in [6, 6.07) is 16.2. The van der Waals surface area contributed by atoms with Crippen molar-refractivity contribution in [3.8, 4) is 11.3 Å². The van der Waals surface area contributed by atoms with E-state index in [2.05, 4.69) is 10.1 Å². The van der Waals surface area contributed by atoms with Crippen LogP contribution in [0.15, 0.2) is 60.8 Å². The number of hydrogen-bond donors (Lipinski definition) is 0. The molecule has 5 rings (SSSR count). The summed E-state index contributed by atoms with van der Waals surface area (Å²) in [4.78, 5) is 31.9. The Morgan fingerprint density at radius 2 is 1.75 bits per heavy atom. The lowest BCUT2D eigenvalue weighted by Crippen LogP contribution is -2.29. The SMILES string of the molecule is Cn1nc(-c2ccccc2)c2c3c(cnc21)C(=O)N(c1cccc(Cl)c1)C3=O.